The summed E-state index contributed by atoms with van der Waals surface area (Å²) in [5.74, 6) is -0.00228. The van der Waals surface area contributed by atoms with E-state index in [9.17, 15) is 13.2 Å². The molecular weight excluding hydrogens is 398 g/mol. The summed E-state index contributed by atoms with van der Waals surface area (Å²) in [6, 6.07) is 15.7. The summed E-state index contributed by atoms with van der Waals surface area (Å²) < 4.78 is 26.1. The molecule has 0 aliphatic carbocycles. The van der Waals surface area contributed by atoms with Gasteiger partial charge in [-0.1, -0.05) is 30.3 Å². The molecule has 1 saturated heterocycles. The third-order valence-corrected chi connectivity index (χ3v) is 7.95. The van der Waals surface area contributed by atoms with Crippen LogP contribution in [0.1, 0.15) is 30.9 Å². The molecular formula is C23H31N3O3S. The van der Waals surface area contributed by atoms with E-state index >= 15 is 0 Å². The maximum absolute atomic E-state index is 13.6. The number of piperidine rings is 1. The number of carbonyl (C=O) groups excluding carboxylic acids is 1. The number of aryl methyl sites for hydroxylation is 1. The SMILES string of the molecule is CCS(=O)(=O)N1CCC(C(=O)Nc2ccc(N(C)C)cc2C)(c2ccccc2)CC1. The van der Waals surface area contributed by atoms with Gasteiger partial charge in [-0.2, -0.15) is 0 Å². The van der Waals surface area contributed by atoms with E-state index in [4.69, 9.17) is 0 Å². The van der Waals surface area contributed by atoms with Crippen LogP contribution in [0.2, 0.25) is 0 Å². The number of sulfonamides is 1. The highest BCUT2D eigenvalue weighted by atomic mass is 32.2. The smallest absolute Gasteiger partial charge is 0.235 e. The van der Waals surface area contributed by atoms with E-state index in [-0.39, 0.29) is 11.7 Å². The molecule has 1 aliphatic rings. The van der Waals surface area contributed by atoms with Crippen LogP contribution < -0.4 is 10.2 Å². The Balaban J connectivity index is 1.90. The first-order chi connectivity index (χ1) is 14.2. The van der Waals surface area contributed by atoms with Crippen molar-refractivity contribution in [3.8, 4) is 0 Å². The van der Waals surface area contributed by atoms with Crippen LogP contribution in [0.15, 0.2) is 48.5 Å². The van der Waals surface area contributed by atoms with Crippen molar-refractivity contribution in [2.45, 2.75) is 32.1 Å². The number of carbonyl (C=O) groups is 1. The number of hydrogen-bond acceptors (Lipinski definition) is 4. The Kier molecular flexibility index (Phi) is 6.53. The number of hydrogen-bond donors (Lipinski definition) is 1. The minimum Gasteiger partial charge on any atom is -0.378 e. The molecule has 0 radical (unpaired) electrons. The van der Waals surface area contributed by atoms with Gasteiger partial charge in [0.1, 0.15) is 0 Å². The number of rotatable bonds is 6. The van der Waals surface area contributed by atoms with E-state index < -0.39 is 15.4 Å². The Morgan fingerprint density at radius 2 is 1.73 bits per heavy atom. The van der Waals surface area contributed by atoms with E-state index in [1.54, 1.807) is 6.92 Å². The van der Waals surface area contributed by atoms with Crippen LogP contribution in [0.3, 0.4) is 0 Å². The van der Waals surface area contributed by atoms with Crippen LogP contribution >= 0.6 is 0 Å². The minimum absolute atomic E-state index is 0.0783. The average Bonchev–Trinajstić information content (AvgIpc) is 2.75. The monoisotopic (exact) mass is 429 g/mol. The highest BCUT2D eigenvalue weighted by Gasteiger charge is 2.44. The largest absolute Gasteiger partial charge is 0.378 e. The lowest BCUT2D eigenvalue weighted by atomic mass is 9.72. The van der Waals surface area contributed by atoms with Crippen LogP contribution in [0.5, 0.6) is 0 Å². The Morgan fingerprint density at radius 1 is 1.10 bits per heavy atom. The van der Waals surface area contributed by atoms with E-state index in [0.29, 0.717) is 25.9 Å². The Labute approximate surface area is 179 Å². The predicted molar refractivity (Wildman–Crippen MR) is 123 cm³/mol. The molecule has 3 rings (SSSR count). The lowest BCUT2D eigenvalue weighted by molar-refractivity contribution is -0.123. The molecule has 0 atom stereocenters. The fourth-order valence-electron chi connectivity index (χ4n) is 4.04. The number of benzene rings is 2. The molecule has 1 amide bonds. The van der Waals surface area contributed by atoms with E-state index in [1.165, 1.54) is 4.31 Å². The molecule has 1 aliphatic heterocycles. The van der Waals surface area contributed by atoms with Gasteiger partial charge in [0.05, 0.1) is 11.2 Å². The van der Waals surface area contributed by atoms with E-state index in [2.05, 4.69) is 5.32 Å². The summed E-state index contributed by atoms with van der Waals surface area (Å²) in [5.41, 5.74) is 3.02. The van der Waals surface area contributed by atoms with Gasteiger partial charge in [0.15, 0.2) is 0 Å². The minimum atomic E-state index is -3.26. The second kappa shape index (κ2) is 8.78. The van der Waals surface area contributed by atoms with Crippen molar-refractivity contribution >= 4 is 27.3 Å². The molecule has 6 nitrogen and oxygen atoms in total. The van der Waals surface area contributed by atoms with Crippen molar-refractivity contribution in [2.24, 2.45) is 0 Å². The molecule has 2 aromatic rings. The first-order valence-corrected chi connectivity index (χ1v) is 11.9. The summed E-state index contributed by atoms with van der Waals surface area (Å²) in [4.78, 5) is 15.6. The summed E-state index contributed by atoms with van der Waals surface area (Å²) in [5, 5.41) is 3.13. The highest BCUT2D eigenvalue weighted by Crippen LogP contribution is 2.38. The zero-order chi connectivity index (χ0) is 21.9. The predicted octanol–water partition coefficient (Wildman–Crippen LogP) is 3.38. The molecule has 0 unspecified atom stereocenters. The van der Waals surface area contributed by atoms with Crippen LogP contribution in [0.25, 0.3) is 0 Å². The van der Waals surface area contributed by atoms with Crippen molar-refractivity contribution < 1.29 is 13.2 Å². The lowest BCUT2D eigenvalue weighted by Gasteiger charge is -2.40. The van der Waals surface area contributed by atoms with Crippen molar-refractivity contribution in [1.29, 1.82) is 0 Å². The van der Waals surface area contributed by atoms with Crippen molar-refractivity contribution in [1.82, 2.24) is 4.31 Å². The third-order valence-electron chi connectivity index (χ3n) is 6.07. The van der Waals surface area contributed by atoms with Crippen LogP contribution in [-0.2, 0) is 20.2 Å². The van der Waals surface area contributed by atoms with Crippen molar-refractivity contribution in [3.63, 3.8) is 0 Å². The topological polar surface area (TPSA) is 69.7 Å². The number of nitrogens with zero attached hydrogens (tertiary/aromatic N) is 2. The van der Waals surface area contributed by atoms with Crippen LogP contribution in [0, 0.1) is 6.92 Å². The quantitative estimate of drug-likeness (QED) is 0.764. The molecule has 162 valence electrons. The summed E-state index contributed by atoms with van der Waals surface area (Å²) in [6.45, 7) is 4.32. The molecule has 30 heavy (non-hydrogen) atoms. The molecule has 0 spiro atoms. The van der Waals surface area contributed by atoms with Gasteiger partial charge < -0.3 is 10.2 Å². The molecule has 7 heteroatoms. The fourth-order valence-corrected chi connectivity index (χ4v) is 5.14. The van der Waals surface area contributed by atoms with Crippen LogP contribution in [-0.4, -0.2) is 51.6 Å². The summed E-state index contributed by atoms with van der Waals surface area (Å²) in [7, 11) is 0.703. The van der Waals surface area contributed by atoms with E-state index in [1.807, 2.05) is 74.4 Å². The molecule has 0 aromatic heterocycles. The highest BCUT2D eigenvalue weighted by molar-refractivity contribution is 7.89. The van der Waals surface area contributed by atoms with Gasteiger partial charge in [-0.25, -0.2) is 12.7 Å². The second-order valence-electron chi connectivity index (χ2n) is 8.10. The normalized spacial score (nSPS) is 16.8. The first kappa shape index (κ1) is 22.3. The molecule has 0 bridgehead atoms. The van der Waals surface area contributed by atoms with Crippen LogP contribution in [0.4, 0.5) is 11.4 Å². The number of amides is 1. The van der Waals surface area contributed by atoms with Crippen molar-refractivity contribution in [2.75, 3.05) is 43.2 Å². The maximum atomic E-state index is 13.6. The van der Waals surface area contributed by atoms with Gasteiger partial charge in [0.2, 0.25) is 15.9 Å². The first-order valence-electron chi connectivity index (χ1n) is 10.3. The van der Waals surface area contributed by atoms with Gasteiger partial charge in [0.25, 0.3) is 0 Å². The van der Waals surface area contributed by atoms with Gasteiger partial charge in [-0.3, -0.25) is 4.79 Å². The van der Waals surface area contributed by atoms with Gasteiger partial charge in [-0.15, -0.1) is 0 Å². The van der Waals surface area contributed by atoms with E-state index in [0.717, 1.165) is 22.5 Å². The second-order valence-corrected chi connectivity index (χ2v) is 10.4. The standard InChI is InChI=1S/C23H31N3O3S/c1-5-30(28,29)26-15-13-23(14-16-26,19-9-7-6-8-10-19)22(27)24-21-12-11-20(25(3)4)17-18(21)2/h6-12,17H,5,13-16H2,1-4H3,(H,24,27). The zero-order valence-corrected chi connectivity index (χ0v) is 19.0. The Bertz CT molecular complexity index is 996. The lowest BCUT2D eigenvalue weighted by Crippen LogP contribution is -2.51. The molecule has 1 N–H and O–H groups in total. The third kappa shape index (κ3) is 4.37. The Hall–Kier alpha value is -2.38. The van der Waals surface area contributed by atoms with Gasteiger partial charge in [0, 0.05) is 38.6 Å². The molecule has 0 saturated carbocycles. The average molecular weight is 430 g/mol. The molecule has 1 fully saturated rings. The zero-order valence-electron chi connectivity index (χ0n) is 18.2. The van der Waals surface area contributed by atoms with Crippen molar-refractivity contribution in [3.05, 3.63) is 59.7 Å². The molecule has 1 heterocycles. The van der Waals surface area contributed by atoms with Gasteiger partial charge >= 0.3 is 0 Å². The Morgan fingerprint density at radius 3 is 2.27 bits per heavy atom. The maximum Gasteiger partial charge on any atom is 0.235 e. The molecule has 2 aromatic carbocycles. The summed E-state index contributed by atoms with van der Waals surface area (Å²) >= 11 is 0. The summed E-state index contributed by atoms with van der Waals surface area (Å²) in [6.07, 6.45) is 0.911. The fraction of sp³-hybridized carbons (Fsp3) is 0.435. The number of nitrogens with one attached hydrogen (secondary N) is 1. The van der Waals surface area contributed by atoms with Gasteiger partial charge in [-0.05, 0) is 56.0 Å². The number of anilines is 2.